The summed E-state index contributed by atoms with van der Waals surface area (Å²) in [5.41, 5.74) is -1.54. The summed E-state index contributed by atoms with van der Waals surface area (Å²) < 4.78 is 36.5. The summed E-state index contributed by atoms with van der Waals surface area (Å²) in [6, 6.07) is 5.98. The lowest BCUT2D eigenvalue weighted by Gasteiger charge is -2.27. The van der Waals surface area contributed by atoms with Crippen molar-refractivity contribution in [3.63, 3.8) is 0 Å². The number of alkyl halides is 2. The topological polar surface area (TPSA) is 102 Å². The van der Waals surface area contributed by atoms with Crippen molar-refractivity contribution >= 4 is 23.1 Å². The molecule has 0 spiro atoms. The molecule has 1 aliphatic heterocycles. The number of ether oxygens (including phenoxy) is 2. The number of hydrogen-bond donors (Lipinski definition) is 1. The lowest BCUT2D eigenvalue weighted by atomic mass is 10.1. The normalized spacial score (nSPS) is 18.3. The standard InChI is InChI=1S/C12H21NO4.C11H8F2N2O/c1-8-6-9(10(14)16-5)13(7-8)11(15)17-12(2,3)4;1-2-11(12,13)9-10(16)15-8-6-4-3-5-7(8)14-9/h8-9H,6-7H2,1-5H3;2-6H,1H2,(H,15,16). The van der Waals surface area contributed by atoms with Crippen LogP contribution in [0.5, 0.6) is 0 Å². The summed E-state index contributed by atoms with van der Waals surface area (Å²) in [6.45, 7) is 10.9. The van der Waals surface area contributed by atoms with Gasteiger partial charge in [0.15, 0.2) is 5.69 Å². The van der Waals surface area contributed by atoms with Crippen molar-refractivity contribution in [2.75, 3.05) is 13.7 Å². The largest absolute Gasteiger partial charge is 0.467 e. The second-order valence-corrected chi connectivity index (χ2v) is 8.77. The molecule has 0 aliphatic carbocycles. The smallest absolute Gasteiger partial charge is 0.411 e. The van der Waals surface area contributed by atoms with Gasteiger partial charge in [0.25, 0.3) is 5.56 Å². The van der Waals surface area contributed by atoms with Crippen LogP contribution in [0.25, 0.3) is 11.0 Å². The molecule has 1 saturated heterocycles. The zero-order valence-corrected chi connectivity index (χ0v) is 19.4. The molecule has 33 heavy (non-hydrogen) atoms. The number of rotatable bonds is 3. The van der Waals surface area contributed by atoms with Gasteiger partial charge < -0.3 is 14.5 Å². The third-order valence-electron chi connectivity index (χ3n) is 4.78. The first-order valence-electron chi connectivity index (χ1n) is 10.4. The van der Waals surface area contributed by atoms with E-state index in [0.29, 0.717) is 30.1 Å². The number of aromatic nitrogens is 2. The number of nitrogens with zero attached hydrogens (tertiary/aromatic N) is 2. The van der Waals surface area contributed by atoms with Crippen molar-refractivity contribution < 1.29 is 27.8 Å². The summed E-state index contributed by atoms with van der Waals surface area (Å²) >= 11 is 0. The van der Waals surface area contributed by atoms with E-state index in [1.54, 1.807) is 45.0 Å². The quantitative estimate of drug-likeness (QED) is 0.543. The van der Waals surface area contributed by atoms with E-state index in [9.17, 15) is 23.2 Å². The number of esters is 1. The number of hydrogen-bond acceptors (Lipinski definition) is 6. The van der Waals surface area contributed by atoms with Crippen molar-refractivity contribution in [1.82, 2.24) is 14.9 Å². The number of fused-ring (bicyclic) bond motifs is 1. The first-order valence-corrected chi connectivity index (χ1v) is 10.4. The highest BCUT2D eigenvalue weighted by molar-refractivity contribution is 5.82. The Hall–Kier alpha value is -3.30. The number of methoxy groups -OCH3 is 1. The fraction of sp³-hybridized carbons (Fsp3) is 0.478. The van der Waals surface area contributed by atoms with Crippen LogP contribution in [0.15, 0.2) is 41.7 Å². The molecule has 1 aromatic heterocycles. The molecule has 2 atom stereocenters. The van der Waals surface area contributed by atoms with E-state index >= 15 is 0 Å². The van der Waals surface area contributed by atoms with Crippen molar-refractivity contribution in [1.29, 1.82) is 0 Å². The fourth-order valence-corrected chi connectivity index (χ4v) is 3.28. The molecule has 10 heteroatoms. The Morgan fingerprint density at radius 1 is 1.27 bits per heavy atom. The van der Waals surface area contributed by atoms with Crippen molar-refractivity contribution in [2.24, 2.45) is 5.92 Å². The maximum atomic E-state index is 13.3. The van der Waals surface area contributed by atoms with E-state index in [-0.39, 0.29) is 11.9 Å². The average molecular weight is 465 g/mol. The van der Waals surface area contributed by atoms with Crippen LogP contribution in [0.4, 0.5) is 13.6 Å². The molecule has 2 unspecified atom stereocenters. The van der Waals surface area contributed by atoms with Gasteiger partial charge in [0.05, 0.1) is 18.1 Å². The van der Waals surface area contributed by atoms with Crippen LogP contribution in [0, 0.1) is 5.92 Å². The van der Waals surface area contributed by atoms with Gasteiger partial charge in [-0.15, -0.1) is 0 Å². The van der Waals surface area contributed by atoms with Crippen LogP contribution in [0.1, 0.15) is 39.8 Å². The van der Waals surface area contributed by atoms with Gasteiger partial charge >= 0.3 is 18.0 Å². The summed E-state index contributed by atoms with van der Waals surface area (Å²) in [4.78, 5) is 42.4. The minimum atomic E-state index is -3.42. The highest BCUT2D eigenvalue weighted by atomic mass is 19.3. The van der Waals surface area contributed by atoms with E-state index in [1.165, 1.54) is 12.0 Å². The molecule has 8 nitrogen and oxygen atoms in total. The maximum Gasteiger partial charge on any atom is 0.411 e. The third-order valence-corrected chi connectivity index (χ3v) is 4.78. The monoisotopic (exact) mass is 465 g/mol. The number of benzene rings is 1. The van der Waals surface area contributed by atoms with Gasteiger partial charge in [-0.1, -0.05) is 25.6 Å². The minimum Gasteiger partial charge on any atom is -0.467 e. The van der Waals surface area contributed by atoms with Crippen LogP contribution >= 0.6 is 0 Å². The second kappa shape index (κ2) is 10.1. The first-order chi connectivity index (χ1) is 15.3. The third kappa shape index (κ3) is 6.59. The number of carbonyl (C=O) groups is 2. The number of nitrogens with one attached hydrogen (secondary N) is 1. The molecular formula is C23H29F2N3O5. The van der Waals surface area contributed by atoms with Crippen molar-refractivity contribution in [2.45, 2.75) is 51.7 Å². The van der Waals surface area contributed by atoms with Crippen molar-refractivity contribution in [3.05, 3.63) is 53.0 Å². The maximum absolute atomic E-state index is 13.3. The number of allylic oxidation sites excluding steroid dienone is 1. The van der Waals surface area contributed by atoms with Crippen LogP contribution in [-0.2, 0) is 20.2 Å². The van der Waals surface area contributed by atoms with E-state index in [1.807, 2.05) is 6.92 Å². The van der Waals surface area contributed by atoms with Gasteiger partial charge in [0.1, 0.15) is 11.6 Å². The average Bonchev–Trinajstić information content (AvgIpc) is 3.14. The van der Waals surface area contributed by atoms with Crippen LogP contribution in [0.2, 0.25) is 0 Å². The number of likely N-dealkylation sites (tertiary alicyclic amines) is 1. The number of halogens is 2. The van der Waals surface area contributed by atoms with Gasteiger partial charge in [-0.2, -0.15) is 8.78 Å². The highest BCUT2D eigenvalue weighted by Crippen LogP contribution is 2.26. The Bertz CT molecular complexity index is 1080. The van der Waals surface area contributed by atoms with Gasteiger partial charge in [-0.25, -0.2) is 14.6 Å². The van der Waals surface area contributed by atoms with Crippen LogP contribution in [0.3, 0.4) is 0 Å². The minimum absolute atomic E-state index is 0.284. The Labute approximate surface area is 190 Å². The number of amides is 1. The summed E-state index contributed by atoms with van der Waals surface area (Å²) in [6.07, 6.45) is 0.586. The lowest BCUT2D eigenvalue weighted by Crippen LogP contribution is -2.43. The molecule has 1 fully saturated rings. The molecule has 180 valence electrons. The number of para-hydroxylation sites is 2. The van der Waals surface area contributed by atoms with E-state index in [4.69, 9.17) is 9.47 Å². The first kappa shape index (κ1) is 26.0. The zero-order chi connectivity index (χ0) is 25.0. The van der Waals surface area contributed by atoms with Crippen LogP contribution in [-0.4, -0.2) is 52.2 Å². The Morgan fingerprint density at radius 3 is 2.48 bits per heavy atom. The lowest BCUT2D eigenvalue weighted by molar-refractivity contribution is -0.145. The van der Waals surface area contributed by atoms with Gasteiger partial charge in [0.2, 0.25) is 0 Å². The SMILES string of the molecule is C=CC(F)(F)c1nc2ccccc2[nH]c1=O.COC(=O)C1CC(C)CN1C(=O)OC(C)(C)C. The predicted molar refractivity (Wildman–Crippen MR) is 119 cm³/mol. The van der Waals surface area contributed by atoms with Gasteiger partial charge in [-0.05, 0) is 51.3 Å². The van der Waals surface area contributed by atoms with Crippen LogP contribution < -0.4 is 5.56 Å². The van der Waals surface area contributed by atoms with E-state index in [2.05, 4.69) is 16.5 Å². The molecule has 0 radical (unpaired) electrons. The molecule has 2 heterocycles. The second-order valence-electron chi connectivity index (χ2n) is 8.77. The molecule has 0 saturated carbocycles. The molecular weight excluding hydrogens is 436 g/mol. The highest BCUT2D eigenvalue weighted by Gasteiger charge is 2.40. The number of carbonyl (C=O) groups excluding carboxylic acids is 2. The summed E-state index contributed by atoms with van der Waals surface area (Å²) in [5.74, 6) is -3.51. The zero-order valence-electron chi connectivity index (χ0n) is 19.4. The summed E-state index contributed by atoms with van der Waals surface area (Å²) in [5, 5.41) is 0. The summed E-state index contributed by atoms with van der Waals surface area (Å²) in [7, 11) is 1.33. The van der Waals surface area contributed by atoms with E-state index < -0.39 is 34.9 Å². The molecule has 1 aromatic carbocycles. The molecule has 3 rings (SSSR count). The molecule has 2 aromatic rings. The fourth-order valence-electron chi connectivity index (χ4n) is 3.28. The molecule has 1 aliphatic rings. The Kier molecular flexibility index (Phi) is 7.94. The Balaban J connectivity index is 0.000000234. The van der Waals surface area contributed by atoms with Gasteiger partial charge in [0, 0.05) is 6.54 Å². The number of aromatic amines is 1. The number of H-pyrrole nitrogens is 1. The predicted octanol–water partition coefficient (Wildman–Crippen LogP) is 4.01. The van der Waals surface area contributed by atoms with E-state index in [0.717, 1.165) is 0 Å². The molecule has 1 N–H and O–H groups in total. The molecule has 1 amide bonds. The Morgan fingerprint density at radius 2 is 1.91 bits per heavy atom. The molecule has 0 bridgehead atoms. The van der Waals surface area contributed by atoms with Gasteiger partial charge in [-0.3, -0.25) is 9.69 Å². The van der Waals surface area contributed by atoms with Crippen molar-refractivity contribution in [3.8, 4) is 0 Å².